The molecule has 128 valence electrons. The van der Waals surface area contributed by atoms with E-state index in [0.717, 1.165) is 41.3 Å². The molecule has 1 aliphatic rings. The lowest BCUT2D eigenvalue weighted by molar-refractivity contribution is 0.0954. The van der Waals surface area contributed by atoms with Crippen molar-refractivity contribution in [1.29, 1.82) is 0 Å². The van der Waals surface area contributed by atoms with E-state index >= 15 is 0 Å². The summed E-state index contributed by atoms with van der Waals surface area (Å²) in [6.45, 7) is 4.65. The molecule has 0 spiro atoms. The second-order valence-corrected chi connectivity index (χ2v) is 7.38. The number of rotatable bonds is 4. The van der Waals surface area contributed by atoms with E-state index in [1.807, 2.05) is 18.2 Å². The van der Waals surface area contributed by atoms with E-state index in [9.17, 15) is 4.79 Å². The first-order chi connectivity index (χ1) is 12.2. The molecule has 0 saturated heterocycles. The van der Waals surface area contributed by atoms with Gasteiger partial charge in [0.25, 0.3) is 5.91 Å². The van der Waals surface area contributed by atoms with Crippen LogP contribution in [0.25, 0.3) is 10.2 Å². The molecule has 1 aromatic heterocycles. The van der Waals surface area contributed by atoms with Gasteiger partial charge in [-0.3, -0.25) is 4.79 Å². The number of carbonyl (C=O) groups excluding carboxylic acids is 1. The van der Waals surface area contributed by atoms with Crippen molar-refractivity contribution in [2.45, 2.75) is 26.3 Å². The molecule has 4 rings (SSSR count). The van der Waals surface area contributed by atoms with E-state index in [4.69, 9.17) is 4.98 Å². The molecule has 1 aliphatic heterocycles. The number of nitrogens with zero attached hydrogens (tertiary/aromatic N) is 2. The molecule has 2 aromatic carbocycles. The van der Waals surface area contributed by atoms with Gasteiger partial charge in [-0.25, -0.2) is 4.98 Å². The van der Waals surface area contributed by atoms with Crippen molar-refractivity contribution >= 4 is 32.6 Å². The third-order valence-corrected chi connectivity index (χ3v) is 5.66. The first-order valence-electron chi connectivity index (χ1n) is 8.75. The molecule has 5 heteroatoms. The average molecular weight is 351 g/mol. The van der Waals surface area contributed by atoms with Gasteiger partial charge in [0, 0.05) is 25.2 Å². The van der Waals surface area contributed by atoms with Crippen molar-refractivity contribution in [3.8, 4) is 0 Å². The van der Waals surface area contributed by atoms with Gasteiger partial charge in [0.05, 0.1) is 10.2 Å². The summed E-state index contributed by atoms with van der Waals surface area (Å²) in [7, 11) is 0. The summed E-state index contributed by atoms with van der Waals surface area (Å²) < 4.78 is 1.07. The predicted octanol–water partition coefficient (Wildman–Crippen LogP) is 4.00. The summed E-state index contributed by atoms with van der Waals surface area (Å²) in [5, 5.41) is 3.97. The predicted molar refractivity (Wildman–Crippen MR) is 103 cm³/mol. The van der Waals surface area contributed by atoms with Crippen molar-refractivity contribution in [2.75, 3.05) is 18.0 Å². The van der Waals surface area contributed by atoms with Crippen LogP contribution in [-0.2, 0) is 13.0 Å². The molecule has 0 bridgehead atoms. The standard InChI is InChI=1S/C20H21N3OS/c1-2-10-21-19(24)15-7-8-17-18(12-15)25-20(22-17)23-11-9-14-5-3-4-6-16(14)13-23/h3-8,12H,2,9-11,13H2,1H3,(H,21,24). The third-order valence-electron chi connectivity index (χ3n) is 4.58. The van der Waals surface area contributed by atoms with E-state index in [1.165, 1.54) is 11.1 Å². The number of fused-ring (bicyclic) bond motifs is 2. The number of nitrogens with one attached hydrogen (secondary N) is 1. The largest absolute Gasteiger partial charge is 0.352 e. The topological polar surface area (TPSA) is 45.2 Å². The van der Waals surface area contributed by atoms with E-state index in [0.29, 0.717) is 12.1 Å². The van der Waals surface area contributed by atoms with Crippen LogP contribution in [0.3, 0.4) is 0 Å². The van der Waals surface area contributed by atoms with Crippen LogP contribution in [0.5, 0.6) is 0 Å². The van der Waals surface area contributed by atoms with Gasteiger partial charge in [-0.15, -0.1) is 0 Å². The molecule has 0 fully saturated rings. The zero-order valence-electron chi connectivity index (χ0n) is 14.3. The van der Waals surface area contributed by atoms with E-state index in [2.05, 4.69) is 41.4 Å². The SMILES string of the molecule is CCCNC(=O)c1ccc2nc(N3CCc4ccccc4C3)sc2c1. The maximum absolute atomic E-state index is 12.2. The van der Waals surface area contributed by atoms with Crippen molar-refractivity contribution in [2.24, 2.45) is 0 Å². The highest BCUT2D eigenvalue weighted by molar-refractivity contribution is 7.22. The van der Waals surface area contributed by atoms with Gasteiger partial charge in [0.1, 0.15) is 0 Å². The fourth-order valence-corrected chi connectivity index (χ4v) is 4.22. The minimum atomic E-state index is -0.00870. The minimum Gasteiger partial charge on any atom is -0.352 e. The van der Waals surface area contributed by atoms with Gasteiger partial charge in [0.15, 0.2) is 5.13 Å². The first kappa shape index (κ1) is 16.1. The lowest BCUT2D eigenvalue weighted by atomic mass is 10.0. The first-order valence-corrected chi connectivity index (χ1v) is 9.57. The molecule has 1 N–H and O–H groups in total. The molecule has 0 radical (unpaired) electrons. The lowest BCUT2D eigenvalue weighted by Crippen LogP contribution is -2.30. The fourth-order valence-electron chi connectivity index (χ4n) is 3.19. The summed E-state index contributed by atoms with van der Waals surface area (Å²) in [5.41, 5.74) is 4.49. The second kappa shape index (κ2) is 6.84. The van der Waals surface area contributed by atoms with Crippen LogP contribution in [0.15, 0.2) is 42.5 Å². The number of thiazole rings is 1. The Balaban J connectivity index is 1.58. The summed E-state index contributed by atoms with van der Waals surface area (Å²) >= 11 is 1.67. The molecular weight excluding hydrogens is 330 g/mol. The van der Waals surface area contributed by atoms with E-state index in [1.54, 1.807) is 11.3 Å². The van der Waals surface area contributed by atoms with Crippen LogP contribution in [0.4, 0.5) is 5.13 Å². The summed E-state index contributed by atoms with van der Waals surface area (Å²) in [6.07, 6.45) is 1.99. The smallest absolute Gasteiger partial charge is 0.251 e. The summed E-state index contributed by atoms with van der Waals surface area (Å²) in [5.74, 6) is -0.00870. The highest BCUT2D eigenvalue weighted by Gasteiger charge is 2.19. The Morgan fingerprint density at radius 2 is 2.08 bits per heavy atom. The molecule has 0 unspecified atom stereocenters. The Hall–Kier alpha value is -2.40. The third kappa shape index (κ3) is 3.24. The number of aromatic nitrogens is 1. The highest BCUT2D eigenvalue weighted by Crippen LogP contribution is 2.32. The van der Waals surface area contributed by atoms with Gasteiger partial charge in [-0.05, 0) is 42.2 Å². The van der Waals surface area contributed by atoms with Gasteiger partial charge in [-0.2, -0.15) is 0 Å². The van der Waals surface area contributed by atoms with Crippen LogP contribution < -0.4 is 10.2 Å². The van der Waals surface area contributed by atoms with E-state index in [-0.39, 0.29) is 5.91 Å². The van der Waals surface area contributed by atoms with Gasteiger partial charge in [0.2, 0.25) is 0 Å². The van der Waals surface area contributed by atoms with Crippen molar-refractivity contribution < 1.29 is 4.79 Å². The number of amides is 1. The zero-order valence-corrected chi connectivity index (χ0v) is 15.1. The molecular formula is C20H21N3OS. The number of hydrogen-bond donors (Lipinski definition) is 1. The monoisotopic (exact) mass is 351 g/mol. The maximum atomic E-state index is 12.2. The maximum Gasteiger partial charge on any atom is 0.251 e. The Bertz CT molecular complexity index is 918. The fraction of sp³-hybridized carbons (Fsp3) is 0.300. The molecule has 25 heavy (non-hydrogen) atoms. The normalized spacial score (nSPS) is 13.7. The Labute approximate surface area is 151 Å². The second-order valence-electron chi connectivity index (χ2n) is 6.38. The molecule has 3 aromatic rings. The van der Waals surface area contributed by atoms with Crippen LogP contribution in [-0.4, -0.2) is 24.0 Å². The average Bonchev–Trinajstić information content (AvgIpc) is 3.09. The summed E-state index contributed by atoms with van der Waals surface area (Å²) in [4.78, 5) is 19.3. The van der Waals surface area contributed by atoms with Crippen LogP contribution in [0.1, 0.15) is 34.8 Å². The molecule has 0 atom stereocenters. The van der Waals surface area contributed by atoms with Gasteiger partial charge in [-0.1, -0.05) is 42.5 Å². The highest BCUT2D eigenvalue weighted by atomic mass is 32.1. The number of benzene rings is 2. The molecule has 0 saturated carbocycles. The van der Waals surface area contributed by atoms with Crippen molar-refractivity contribution in [1.82, 2.24) is 10.3 Å². The Morgan fingerprint density at radius 3 is 2.92 bits per heavy atom. The van der Waals surface area contributed by atoms with Crippen LogP contribution in [0, 0.1) is 0 Å². The molecule has 1 amide bonds. The quantitative estimate of drug-likeness (QED) is 0.773. The minimum absolute atomic E-state index is 0.00870. The molecule has 4 nitrogen and oxygen atoms in total. The number of hydrogen-bond acceptors (Lipinski definition) is 4. The lowest BCUT2D eigenvalue weighted by Gasteiger charge is -2.28. The van der Waals surface area contributed by atoms with E-state index < -0.39 is 0 Å². The van der Waals surface area contributed by atoms with Crippen molar-refractivity contribution in [3.63, 3.8) is 0 Å². The number of anilines is 1. The summed E-state index contributed by atoms with van der Waals surface area (Å²) in [6, 6.07) is 14.4. The Morgan fingerprint density at radius 1 is 1.24 bits per heavy atom. The van der Waals surface area contributed by atoms with Gasteiger partial charge < -0.3 is 10.2 Å². The molecule has 2 heterocycles. The zero-order chi connectivity index (χ0) is 17.2. The number of carbonyl (C=O) groups is 1. The van der Waals surface area contributed by atoms with Crippen LogP contribution >= 0.6 is 11.3 Å². The Kier molecular flexibility index (Phi) is 4.40. The van der Waals surface area contributed by atoms with Crippen molar-refractivity contribution in [3.05, 3.63) is 59.2 Å². The van der Waals surface area contributed by atoms with Gasteiger partial charge >= 0.3 is 0 Å². The van der Waals surface area contributed by atoms with Crippen LogP contribution in [0.2, 0.25) is 0 Å². The molecule has 0 aliphatic carbocycles.